The predicted molar refractivity (Wildman–Crippen MR) is 132 cm³/mol. The topological polar surface area (TPSA) is 64.6 Å². The highest BCUT2D eigenvalue weighted by Crippen LogP contribution is 2.26. The minimum absolute atomic E-state index is 0.233. The maximum absolute atomic E-state index is 11.9. The summed E-state index contributed by atoms with van der Waals surface area (Å²) in [7, 11) is 0. The Hall–Kier alpha value is -2.99. The number of hydrogen-bond acceptors (Lipinski definition) is 4. The first-order valence-corrected chi connectivity index (χ1v) is 11.0. The third kappa shape index (κ3) is 7.53. The molecular weight excluding hydrogens is 485 g/mol. The number of carbonyl (C=O) groups is 2. The monoisotopic (exact) mass is 503 g/mol. The molecule has 0 aromatic heterocycles. The van der Waals surface area contributed by atoms with Crippen LogP contribution in [0.2, 0.25) is 15.1 Å². The van der Waals surface area contributed by atoms with E-state index < -0.39 is 18.5 Å². The lowest BCUT2D eigenvalue weighted by atomic mass is 10.2. The summed E-state index contributed by atoms with van der Waals surface area (Å²) in [5.74, 6) is -0.476. The van der Waals surface area contributed by atoms with Gasteiger partial charge in [0.25, 0.3) is 5.91 Å². The molecule has 0 radical (unpaired) electrons. The van der Waals surface area contributed by atoms with Crippen LogP contribution < -0.4 is 10.1 Å². The van der Waals surface area contributed by atoms with Crippen molar-refractivity contribution in [2.75, 3.05) is 11.9 Å². The van der Waals surface area contributed by atoms with Crippen LogP contribution >= 0.6 is 34.8 Å². The van der Waals surface area contributed by atoms with Crippen LogP contribution in [0.25, 0.3) is 6.08 Å². The van der Waals surface area contributed by atoms with Crippen molar-refractivity contribution >= 4 is 58.4 Å². The fourth-order valence-corrected chi connectivity index (χ4v) is 3.40. The van der Waals surface area contributed by atoms with Crippen molar-refractivity contribution in [3.8, 4) is 5.75 Å². The van der Waals surface area contributed by atoms with Gasteiger partial charge in [0.05, 0.1) is 0 Å². The maximum Gasteiger partial charge on any atom is 0.331 e. The lowest BCUT2D eigenvalue weighted by Crippen LogP contribution is -2.20. The van der Waals surface area contributed by atoms with Crippen molar-refractivity contribution in [1.82, 2.24) is 0 Å². The van der Waals surface area contributed by atoms with E-state index in [1.807, 2.05) is 6.92 Å². The first-order valence-electron chi connectivity index (χ1n) is 9.88. The molecule has 5 nitrogen and oxygen atoms in total. The second kappa shape index (κ2) is 11.8. The number of hydrogen-bond donors (Lipinski definition) is 1. The van der Waals surface area contributed by atoms with Crippen LogP contribution in [0.1, 0.15) is 16.7 Å². The van der Waals surface area contributed by atoms with E-state index in [2.05, 4.69) is 5.32 Å². The summed E-state index contributed by atoms with van der Waals surface area (Å²) in [4.78, 5) is 23.8. The molecule has 0 spiro atoms. The lowest BCUT2D eigenvalue weighted by Gasteiger charge is -2.09. The number of ether oxygens (including phenoxy) is 2. The van der Waals surface area contributed by atoms with E-state index in [4.69, 9.17) is 44.3 Å². The van der Waals surface area contributed by atoms with Crippen molar-refractivity contribution in [3.63, 3.8) is 0 Å². The normalized spacial score (nSPS) is 10.8. The highest BCUT2D eigenvalue weighted by Gasteiger charge is 2.08. The molecule has 33 heavy (non-hydrogen) atoms. The Bertz CT molecular complexity index is 1160. The van der Waals surface area contributed by atoms with E-state index in [9.17, 15) is 9.59 Å². The molecule has 0 saturated carbocycles. The van der Waals surface area contributed by atoms with Crippen molar-refractivity contribution in [3.05, 3.63) is 98.5 Å². The lowest BCUT2D eigenvalue weighted by molar-refractivity contribution is -0.142. The van der Waals surface area contributed by atoms with Gasteiger partial charge in [-0.2, -0.15) is 0 Å². The number of carbonyl (C=O) groups excluding carboxylic acids is 2. The van der Waals surface area contributed by atoms with E-state index in [-0.39, 0.29) is 6.61 Å². The molecule has 0 bridgehead atoms. The molecule has 0 heterocycles. The highest BCUT2D eigenvalue weighted by atomic mass is 35.5. The molecule has 3 aromatic rings. The Kier molecular flexibility index (Phi) is 8.78. The third-order valence-electron chi connectivity index (χ3n) is 4.54. The van der Waals surface area contributed by atoms with Crippen molar-refractivity contribution in [1.29, 1.82) is 0 Å². The molecule has 0 aliphatic rings. The van der Waals surface area contributed by atoms with Crippen molar-refractivity contribution < 1.29 is 19.1 Å². The minimum Gasteiger partial charge on any atom is -0.489 e. The van der Waals surface area contributed by atoms with E-state index in [0.717, 1.165) is 11.1 Å². The molecule has 0 aliphatic carbocycles. The van der Waals surface area contributed by atoms with E-state index in [0.29, 0.717) is 32.1 Å². The largest absolute Gasteiger partial charge is 0.489 e. The summed E-state index contributed by atoms with van der Waals surface area (Å²) in [5.41, 5.74) is 2.90. The van der Waals surface area contributed by atoms with Gasteiger partial charge >= 0.3 is 5.97 Å². The smallest absolute Gasteiger partial charge is 0.331 e. The molecule has 3 aromatic carbocycles. The molecule has 1 N–H and O–H groups in total. The molecule has 8 heteroatoms. The first kappa shape index (κ1) is 24.6. The second-order valence-corrected chi connectivity index (χ2v) is 8.23. The number of nitrogens with one attached hydrogen (secondary N) is 1. The average Bonchev–Trinajstić information content (AvgIpc) is 2.79. The number of esters is 1. The number of halogens is 3. The number of aryl methyl sites for hydroxylation is 1. The standard InChI is InChI=1S/C25H20Cl3NO4/c1-16-5-9-18(13-23(16)28)29-24(30)15-33-25(31)12-8-17-6-10-19(11-7-17)32-14-20-21(26)3-2-4-22(20)27/h2-13H,14-15H2,1H3,(H,29,30)/b12-8+. The summed E-state index contributed by atoms with van der Waals surface area (Å²) >= 11 is 18.3. The summed E-state index contributed by atoms with van der Waals surface area (Å²) in [6.07, 6.45) is 2.82. The van der Waals surface area contributed by atoms with Crippen molar-refractivity contribution in [2.45, 2.75) is 13.5 Å². The van der Waals surface area contributed by atoms with Crippen LogP contribution in [0.15, 0.2) is 66.7 Å². The van der Waals surface area contributed by atoms with Gasteiger partial charge < -0.3 is 14.8 Å². The van der Waals surface area contributed by atoms with Gasteiger partial charge in [-0.1, -0.05) is 59.1 Å². The van der Waals surface area contributed by atoms with E-state index in [1.54, 1.807) is 66.7 Å². The molecular formula is C25H20Cl3NO4. The molecule has 0 aliphatic heterocycles. The fraction of sp³-hybridized carbons (Fsp3) is 0.120. The van der Waals surface area contributed by atoms with Crippen LogP contribution in [0.5, 0.6) is 5.75 Å². The Balaban J connectivity index is 1.45. The summed E-state index contributed by atoms with van der Waals surface area (Å²) < 4.78 is 10.7. The Morgan fingerprint density at radius 2 is 1.64 bits per heavy atom. The molecule has 0 fully saturated rings. The average molecular weight is 505 g/mol. The zero-order valence-electron chi connectivity index (χ0n) is 17.6. The second-order valence-electron chi connectivity index (χ2n) is 7.01. The number of benzene rings is 3. The Morgan fingerprint density at radius 3 is 2.30 bits per heavy atom. The van der Waals surface area contributed by atoms with Crippen LogP contribution in [0, 0.1) is 6.92 Å². The Morgan fingerprint density at radius 1 is 0.939 bits per heavy atom. The van der Waals surface area contributed by atoms with Gasteiger partial charge in [-0.05, 0) is 60.5 Å². The van der Waals surface area contributed by atoms with Gasteiger partial charge in [-0.25, -0.2) is 4.79 Å². The van der Waals surface area contributed by atoms with Crippen LogP contribution in [-0.4, -0.2) is 18.5 Å². The molecule has 0 unspecified atom stereocenters. The SMILES string of the molecule is Cc1ccc(NC(=O)COC(=O)/C=C/c2ccc(OCc3c(Cl)cccc3Cl)cc2)cc1Cl. The van der Waals surface area contributed by atoms with Crippen LogP contribution in [-0.2, 0) is 20.9 Å². The minimum atomic E-state index is -0.638. The zero-order valence-corrected chi connectivity index (χ0v) is 19.9. The Labute approximate surface area is 206 Å². The number of rotatable bonds is 8. The molecule has 170 valence electrons. The summed E-state index contributed by atoms with van der Waals surface area (Å²) in [6, 6.07) is 17.5. The van der Waals surface area contributed by atoms with E-state index >= 15 is 0 Å². The highest BCUT2D eigenvalue weighted by molar-refractivity contribution is 6.36. The van der Waals surface area contributed by atoms with Gasteiger partial charge in [0.15, 0.2) is 6.61 Å². The molecule has 3 rings (SSSR count). The van der Waals surface area contributed by atoms with Gasteiger partial charge in [-0.3, -0.25) is 4.79 Å². The quantitative estimate of drug-likeness (QED) is 0.273. The predicted octanol–water partition coefficient (Wildman–Crippen LogP) is 6.73. The van der Waals surface area contributed by atoms with Crippen LogP contribution in [0.4, 0.5) is 5.69 Å². The zero-order chi connectivity index (χ0) is 23.8. The fourth-order valence-electron chi connectivity index (χ4n) is 2.72. The van der Waals surface area contributed by atoms with E-state index in [1.165, 1.54) is 6.08 Å². The van der Waals surface area contributed by atoms with Crippen LogP contribution in [0.3, 0.4) is 0 Å². The van der Waals surface area contributed by atoms with Crippen molar-refractivity contribution in [2.24, 2.45) is 0 Å². The summed E-state index contributed by atoms with van der Waals surface area (Å²) in [5, 5.41) is 4.24. The molecule has 1 amide bonds. The van der Waals surface area contributed by atoms with Gasteiger partial charge in [0.1, 0.15) is 12.4 Å². The third-order valence-corrected chi connectivity index (χ3v) is 5.65. The van der Waals surface area contributed by atoms with Gasteiger partial charge in [0.2, 0.25) is 0 Å². The van der Waals surface area contributed by atoms with Gasteiger partial charge in [0, 0.05) is 32.4 Å². The maximum atomic E-state index is 11.9. The first-order chi connectivity index (χ1) is 15.8. The van der Waals surface area contributed by atoms with Gasteiger partial charge in [-0.15, -0.1) is 0 Å². The molecule has 0 atom stereocenters. The summed E-state index contributed by atoms with van der Waals surface area (Å²) in [6.45, 7) is 1.68. The number of amides is 1. The number of anilines is 1. The molecule has 0 saturated heterocycles.